The van der Waals surface area contributed by atoms with Crippen LogP contribution in [-0.4, -0.2) is 53.3 Å². The number of hydrogen-bond donors (Lipinski definition) is 1. The van der Waals surface area contributed by atoms with E-state index in [9.17, 15) is 5.11 Å². The average molecular weight is 272 g/mol. The molecule has 2 fully saturated rings. The Morgan fingerprint density at radius 1 is 1.25 bits per heavy atom. The molecular weight excluding hydrogens is 252 g/mol. The second kappa shape index (κ2) is 5.78. The van der Waals surface area contributed by atoms with Crippen LogP contribution in [0.25, 0.3) is 0 Å². The first-order valence-corrected chi connectivity index (χ1v) is 7.29. The summed E-state index contributed by atoms with van der Waals surface area (Å²) in [6.45, 7) is 3.79. The normalized spacial score (nSPS) is 24.8. The lowest BCUT2D eigenvalue weighted by Gasteiger charge is -2.37. The molecule has 0 radical (unpaired) electrons. The van der Waals surface area contributed by atoms with Crippen LogP contribution in [0.15, 0.2) is 18.3 Å². The number of nitrogens with zero attached hydrogens (tertiary/aromatic N) is 4. The molecule has 0 amide bonds. The van der Waals surface area contributed by atoms with Crippen LogP contribution in [-0.2, 0) is 0 Å². The summed E-state index contributed by atoms with van der Waals surface area (Å²) >= 11 is 0. The predicted molar refractivity (Wildman–Crippen MR) is 76.4 cm³/mol. The zero-order valence-electron chi connectivity index (χ0n) is 11.6. The zero-order chi connectivity index (χ0) is 13.9. The van der Waals surface area contributed by atoms with Gasteiger partial charge in [0.1, 0.15) is 5.82 Å². The molecular formula is C15H20N4O. The molecule has 5 nitrogen and oxygen atoms in total. The molecule has 2 saturated heterocycles. The van der Waals surface area contributed by atoms with E-state index in [4.69, 9.17) is 5.26 Å². The summed E-state index contributed by atoms with van der Waals surface area (Å²) in [6, 6.07) is 6.35. The van der Waals surface area contributed by atoms with Crippen molar-refractivity contribution in [1.29, 1.82) is 5.26 Å². The van der Waals surface area contributed by atoms with Crippen molar-refractivity contribution >= 4 is 5.82 Å². The summed E-state index contributed by atoms with van der Waals surface area (Å²) in [5.41, 5.74) is 0.666. The van der Waals surface area contributed by atoms with Gasteiger partial charge in [-0.2, -0.15) is 5.26 Å². The van der Waals surface area contributed by atoms with Gasteiger partial charge in [0.25, 0.3) is 0 Å². The van der Waals surface area contributed by atoms with Gasteiger partial charge in [-0.05, 0) is 31.4 Å². The third-order valence-electron chi connectivity index (χ3n) is 4.37. The molecule has 1 atom stereocenters. The van der Waals surface area contributed by atoms with Crippen LogP contribution in [0, 0.1) is 11.3 Å². The van der Waals surface area contributed by atoms with Gasteiger partial charge in [0.2, 0.25) is 0 Å². The highest BCUT2D eigenvalue weighted by atomic mass is 16.3. The molecule has 0 aliphatic carbocycles. The maximum Gasteiger partial charge on any atom is 0.129 e. The van der Waals surface area contributed by atoms with Gasteiger partial charge >= 0.3 is 0 Å². The number of piperidine rings is 1. The fraction of sp³-hybridized carbons (Fsp3) is 0.600. The van der Waals surface area contributed by atoms with Crippen LogP contribution in [0.1, 0.15) is 24.8 Å². The number of rotatable bonds is 2. The standard InChI is InChI=1S/C15H20N4O/c16-10-12-1-5-17-15(9-12)18-6-2-13(3-7-18)19-8-4-14(20)11-19/h1,5,9,13-14,20H,2-4,6-8,11H2. The lowest BCUT2D eigenvalue weighted by molar-refractivity contribution is 0.148. The minimum absolute atomic E-state index is 0.137. The second-order valence-corrected chi connectivity index (χ2v) is 5.67. The highest BCUT2D eigenvalue weighted by Crippen LogP contribution is 2.24. The van der Waals surface area contributed by atoms with Gasteiger partial charge in [-0.15, -0.1) is 0 Å². The molecule has 3 rings (SSSR count). The van der Waals surface area contributed by atoms with Gasteiger partial charge in [-0.25, -0.2) is 4.98 Å². The number of nitriles is 1. The highest BCUT2D eigenvalue weighted by molar-refractivity contribution is 5.45. The molecule has 2 aliphatic rings. The zero-order valence-corrected chi connectivity index (χ0v) is 11.6. The third-order valence-corrected chi connectivity index (χ3v) is 4.37. The maximum absolute atomic E-state index is 9.63. The smallest absolute Gasteiger partial charge is 0.129 e. The minimum atomic E-state index is -0.137. The minimum Gasteiger partial charge on any atom is -0.392 e. The molecule has 5 heteroatoms. The number of aliphatic hydroxyl groups excluding tert-OH is 1. The maximum atomic E-state index is 9.63. The van der Waals surface area contributed by atoms with Gasteiger partial charge in [-0.3, -0.25) is 4.90 Å². The average Bonchev–Trinajstić information content (AvgIpc) is 2.94. The van der Waals surface area contributed by atoms with Crippen molar-refractivity contribution in [2.45, 2.75) is 31.4 Å². The van der Waals surface area contributed by atoms with Crippen molar-refractivity contribution in [1.82, 2.24) is 9.88 Å². The monoisotopic (exact) mass is 272 g/mol. The van der Waals surface area contributed by atoms with E-state index < -0.39 is 0 Å². The Morgan fingerprint density at radius 3 is 2.70 bits per heavy atom. The lowest BCUT2D eigenvalue weighted by atomic mass is 10.0. The van der Waals surface area contributed by atoms with Crippen molar-refractivity contribution in [2.24, 2.45) is 0 Å². The van der Waals surface area contributed by atoms with E-state index in [0.29, 0.717) is 11.6 Å². The molecule has 0 bridgehead atoms. The summed E-state index contributed by atoms with van der Waals surface area (Å²) < 4.78 is 0. The molecule has 20 heavy (non-hydrogen) atoms. The number of aliphatic hydroxyl groups is 1. The molecule has 1 unspecified atom stereocenters. The Balaban J connectivity index is 1.59. The van der Waals surface area contributed by atoms with Crippen LogP contribution in [0.2, 0.25) is 0 Å². The van der Waals surface area contributed by atoms with Gasteiger partial charge in [-0.1, -0.05) is 0 Å². The Hall–Kier alpha value is -1.64. The van der Waals surface area contributed by atoms with E-state index in [1.807, 2.05) is 6.07 Å². The molecule has 1 aromatic rings. The van der Waals surface area contributed by atoms with Crippen molar-refractivity contribution < 1.29 is 5.11 Å². The summed E-state index contributed by atoms with van der Waals surface area (Å²) in [4.78, 5) is 9.04. The number of aromatic nitrogens is 1. The van der Waals surface area contributed by atoms with E-state index >= 15 is 0 Å². The van der Waals surface area contributed by atoms with Crippen molar-refractivity contribution in [3.63, 3.8) is 0 Å². The molecule has 0 saturated carbocycles. The second-order valence-electron chi connectivity index (χ2n) is 5.67. The van der Waals surface area contributed by atoms with Crippen LogP contribution in [0.5, 0.6) is 0 Å². The van der Waals surface area contributed by atoms with Gasteiger partial charge < -0.3 is 10.0 Å². The van der Waals surface area contributed by atoms with Crippen LogP contribution < -0.4 is 4.90 Å². The quantitative estimate of drug-likeness (QED) is 0.870. The predicted octanol–water partition coefficient (Wildman–Crippen LogP) is 0.989. The molecule has 0 aromatic carbocycles. The Labute approximate surface area is 119 Å². The molecule has 106 valence electrons. The van der Waals surface area contributed by atoms with Crippen LogP contribution >= 0.6 is 0 Å². The Morgan fingerprint density at radius 2 is 2.05 bits per heavy atom. The number of pyridine rings is 1. The molecule has 2 aliphatic heterocycles. The lowest BCUT2D eigenvalue weighted by Crippen LogP contribution is -2.44. The van der Waals surface area contributed by atoms with Crippen molar-refractivity contribution in [3.8, 4) is 6.07 Å². The van der Waals surface area contributed by atoms with E-state index in [0.717, 1.165) is 51.3 Å². The molecule has 3 heterocycles. The summed E-state index contributed by atoms with van der Waals surface area (Å²) in [5.74, 6) is 0.906. The van der Waals surface area contributed by atoms with Crippen molar-refractivity contribution in [3.05, 3.63) is 23.9 Å². The largest absolute Gasteiger partial charge is 0.392 e. The van der Waals surface area contributed by atoms with Gasteiger partial charge in [0.05, 0.1) is 17.7 Å². The van der Waals surface area contributed by atoms with E-state index in [-0.39, 0.29) is 6.10 Å². The summed E-state index contributed by atoms with van der Waals surface area (Å²) in [5, 5.41) is 18.6. The van der Waals surface area contributed by atoms with E-state index in [1.54, 1.807) is 12.3 Å². The Bertz CT molecular complexity index is 505. The number of β-amino-alcohol motifs (C(OH)–C–C–N with tert-alkyl or cyclic N) is 1. The third kappa shape index (κ3) is 2.77. The van der Waals surface area contributed by atoms with E-state index in [1.165, 1.54) is 0 Å². The van der Waals surface area contributed by atoms with Gasteiger partial charge in [0.15, 0.2) is 0 Å². The van der Waals surface area contributed by atoms with Crippen molar-refractivity contribution in [2.75, 3.05) is 31.1 Å². The topological polar surface area (TPSA) is 63.4 Å². The molecule has 0 spiro atoms. The number of hydrogen-bond acceptors (Lipinski definition) is 5. The number of likely N-dealkylation sites (tertiary alicyclic amines) is 1. The van der Waals surface area contributed by atoms with Crippen LogP contribution in [0.3, 0.4) is 0 Å². The molecule has 1 aromatic heterocycles. The molecule has 1 N–H and O–H groups in total. The fourth-order valence-corrected chi connectivity index (χ4v) is 3.22. The Kier molecular flexibility index (Phi) is 3.86. The fourth-order valence-electron chi connectivity index (χ4n) is 3.22. The van der Waals surface area contributed by atoms with Crippen LogP contribution in [0.4, 0.5) is 5.82 Å². The highest BCUT2D eigenvalue weighted by Gasteiger charge is 2.30. The summed E-state index contributed by atoms with van der Waals surface area (Å²) in [7, 11) is 0. The first kappa shape index (κ1) is 13.3. The van der Waals surface area contributed by atoms with E-state index in [2.05, 4.69) is 20.9 Å². The summed E-state index contributed by atoms with van der Waals surface area (Å²) in [6.07, 6.45) is 4.68. The first-order valence-electron chi connectivity index (χ1n) is 7.29. The van der Waals surface area contributed by atoms with Gasteiger partial charge in [0, 0.05) is 38.4 Å². The SMILES string of the molecule is N#Cc1ccnc(N2CCC(N3CCC(O)C3)CC2)c1. The number of anilines is 1. The first-order chi connectivity index (χ1) is 9.76.